The first-order chi connectivity index (χ1) is 11.1. The molecular formula is C18H15FN2O2. The first-order valence-corrected chi connectivity index (χ1v) is 7.52. The Hall–Kier alpha value is -2.69. The molecule has 0 aromatic heterocycles. The van der Waals surface area contributed by atoms with Crippen molar-refractivity contribution in [2.45, 2.75) is 12.0 Å². The van der Waals surface area contributed by atoms with Crippen LogP contribution in [-0.2, 0) is 6.42 Å². The molecule has 1 N–H and O–H groups in total. The molecule has 1 fully saturated rings. The molecule has 0 atom stereocenters. The second-order valence-electron chi connectivity index (χ2n) is 6.21. The van der Waals surface area contributed by atoms with Crippen LogP contribution >= 0.6 is 0 Å². The van der Waals surface area contributed by atoms with E-state index in [1.807, 2.05) is 18.2 Å². The van der Waals surface area contributed by atoms with Gasteiger partial charge in [-0.25, -0.2) is 4.39 Å². The summed E-state index contributed by atoms with van der Waals surface area (Å²) in [6.07, 6.45) is 0.690. The molecule has 2 aromatic carbocycles. The number of nitrogens with zero attached hydrogens (tertiary/aromatic N) is 1. The lowest BCUT2D eigenvalue weighted by molar-refractivity contribution is 0.0250. The van der Waals surface area contributed by atoms with E-state index >= 15 is 0 Å². The Morgan fingerprint density at radius 1 is 1.09 bits per heavy atom. The SMILES string of the molecule is O=C1NC2(Cc3ccccc31)CN(C(=O)c1ccccc1F)C2. The van der Waals surface area contributed by atoms with Gasteiger partial charge in [0.15, 0.2) is 0 Å². The highest BCUT2D eigenvalue weighted by molar-refractivity contribution is 5.99. The number of halogens is 1. The topological polar surface area (TPSA) is 49.4 Å². The first-order valence-electron chi connectivity index (χ1n) is 7.52. The number of nitrogens with one attached hydrogen (secondary N) is 1. The smallest absolute Gasteiger partial charge is 0.256 e. The van der Waals surface area contributed by atoms with Crippen molar-refractivity contribution >= 4 is 11.8 Å². The summed E-state index contributed by atoms with van der Waals surface area (Å²) in [7, 11) is 0. The number of carbonyl (C=O) groups excluding carboxylic acids is 2. The average Bonchev–Trinajstić information content (AvgIpc) is 2.52. The zero-order chi connectivity index (χ0) is 16.0. The summed E-state index contributed by atoms with van der Waals surface area (Å²) in [6.45, 7) is 0.806. The third kappa shape index (κ3) is 2.20. The Kier molecular flexibility index (Phi) is 2.98. The molecule has 1 spiro atoms. The minimum absolute atomic E-state index is 0.0740. The predicted molar refractivity (Wildman–Crippen MR) is 82.6 cm³/mol. The predicted octanol–water partition coefficient (Wildman–Crippen LogP) is 2.01. The molecule has 2 aliphatic heterocycles. The summed E-state index contributed by atoms with van der Waals surface area (Å²) in [4.78, 5) is 26.2. The van der Waals surface area contributed by atoms with Crippen LogP contribution in [0.5, 0.6) is 0 Å². The maximum absolute atomic E-state index is 13.7. The van der Waals surface area contributed by atoms with Gasteiger partial charge in [0.2, 0.25) is 0 Å². The van der Waals surface area contributed by atoms with Crippen LogP contribution in [0.25, 0.3) is 0 Å². The molecule has 4 rings (SSSR count). The zero-order valence-electron chi connectivity index (χ0n) is 12.4. The Morgan fingerprint density at radius 3 is 2.57 bits per heavy atom. The van der Waals surface area contributed by atoms with Crippen LogP contribution in [0.3, 0.4) is 0 Å². The molecule has 0 saturated carbocycles. The molecule has 0 radical (unpaired) electrons. The van der Waals surface area contributed by atoms with Crippen molar-refractivity contribution in [3.8, 4) is 0 Å². The zero-order valence-corrected chi connectivity index (χ0v) is 12.4. The number of likely N-dealkylation sites (tertiary alicyclic amines) is 1. The Morgan fingerprint density at radius 2 is 1.78 bits per heavy atom. The average molecular weight is 310 g/mol. The van der Waals surface area contributed by atoms with Crippen LogP contribution in [0.15, 0.2) is 48.5 Å². The highest BCUT2D eigenvalue weighted by Crippen LogP contribution is 2.32. The third-order valence-corrected chi connectivity index (χ3v) is 4.55. The number of hydrogen-bond acceptors (Lipinski definition) is 2. The normalized spacial score (nSPS) is 18.1. The lowest BCUT2D eigenvalue weighted by Gasteiger charge is -2.52. The second kappa shape index (κ2) is 4.91. The number of carbonyl (C=O) groups is 2. The van der Waals surface area contributed by atoms with Crippen LogP contribution in [0.2, 0.25) is 0 Å². The summed E-state index contributed by atoms with van der Waals surface area (Å²) in [5.74, 6) is -0.955. The minimum Gasteiger partial charge on any atom is -0.343 e. The fourth-order valence-corrected chi connectivity index (χ4v) is 3.44. The van der Waals surface area contributed by atoms with E-state index in [1.165, 1.54) is 12.1 Å². The van der Waals surface area contributed by atoms with Crippen molar-refractivity contribution in [3.63, 3.8) is 0 Å². The van der Waals surface area contributed by atoms with Gasteiger partial charge in [-0.1, -0.05) is 30.3 Å². The Bertz CT molecular complexity index is 812. The molecule has 2 heterocycles. The Labute approximate surface area is 132 Å². The van der Waals surface area contributed by atoms with Crippen LogP contribution in [0.4, 0.5) is 4.39 Å². The molecule has 1 saturated heterocycles. The molecule has 0 unspecified atom stereocenters. The van der Waals surface area contributed by atoms with Crippen molar-refractivity contribution in [2.75, 3.05) is 13.1 Å². The van der Waals surface area contributed by atoms with Gasteiger partial charge in [0, 0.05) is 18.7 Å². The van der Waals surface area contributed by atoms with Gasteiger partial charge < -0.3 is 10.2 Å². The van der Waals surface area contributed by atoms with E-state index in [4.69, 9.17) is 0 Å². The summed E-state index contributed by atoms with van der Waals surface area (Å²) in [5, 5.41) is 3.01. The van der Waals surface area contributed by atoms with E-state index in [2.05, 4.69) is 5.32 Å². The van der Waals surface area contributed by atoms with Crippen molar-refractivity contribution in [1.29, 1.82) is 0 Å². The standard InChI is InChI=1S/C18H15FN2O2/c19-15-8-4-3-7-14(15)17(23)21-10-18(11-21)9-12-5-1-2-6-13(12)16(22)20-18/h1-8H,9-11H2,(H,20,22). The van der Waals surface area contributed by atoms with Crippen LogP contribution in [0, 0.1) is 5.82 Å². The van der Waals surface area contributed by atoms with E-state index in [-0.39, 0.29) is 17.4 Å². The fourth-order valence-electron chi connectivity index (χ4n) is 3.44. The summed E-state index contributed by atoms with van der Waals surface area (Å²) in [5.41, 5.74) is 1.34. The number of amides is 2. The summed E-state index contributed by atoms with van der Waals surface area (Å²) in [6, 6.07) is 13.5. The number of fused-ring (bicyclic) bond motifs is 1. The van der Waals surface area contributed by atoms with E-state index in [0.717, 1.165) is 5.56 Å². The lowest BCUT2D eigenvalue weighted by atomic mass is 9.78. The van der Waals surface area contributed by atoms with Crippen molar-refractivity contribution in [2.24, 2.45) is 0 Å². The molecule has 4 nitrogen and oxygen atoms in total. The van der Waals surface area contributed by atoms with E-state index in [1.54, 1.807) is 23.1 Å². The van der Waals surface area contributed by atoms with Crippen LogP contribution < -0.4 is 5.32 Å². The molecule has 2 aromatic rings. The van der Waals surface area contributed by atoms with E-state index < -0.39 is 11.4 Å². The molecule has 2 aliphatic rings. The quantitative estimate of drug-likeness (QED) is 0.876. The van der Waals surface area contributed by atoms with Gasteiger partial charge in [0.25, 0.3) is 11.8 Å². The van der Waals surface area contributed by atoms with Gasteiger partial charge in [-0.15, -0.1) is 0 Å². The Balaban J connectivity index is 1.53. The van der Waals surface area contributed by atoms with Gasteiger partial charge in [-0.05, 0) is 30.2 Å². The maximum atomic E-state index is 13.7. The molecule has 23 heavy (non-hydrogen) atoms. The van der Waals surface area contributed by atoms with Gasteiger partial charge in [0.1, 0.15) is 5.82 Å². The van der Waals surface area contributed by atoms with Crippen molar-refractivity contribution in [3.05, 3.63) is 71.0 Å². The summed E-state index contributed by atoms with van der Waals surface area (Å²) >= 11 is 0. The minimum atomic E-state index is -0.517. The van der Waals surface area contributed by atoms with Crippen LogP contribution in [0.1, 0.15) is 26.3 Å². The summed E-state index contributed by atoms with van der Waals surface area (Å²) < 4.78 is 13.7. The molecule has 116 valence electrons. The largest absolute Gasteiger partial charge is 0.343 e. The highest BCUT2D eigenvalue weighted by Gasteiger charge is 2.49. The van der Waals surface area contributed by atoms with Gasteiger partial charge >= 0.3 is 0 Å². The highest BCUT2D eigenvalue weighted by atomic mass is 19.1. The number of benzene rings is 2. The van der Waals surface area contributed by atoms with Crippen molar-refractivity contribution in [1.82, 2.24) is 10.2 Å². The molecule has 2 amide bonds. The third-order valence-electron chi connectivity index (χ3n) is 4.55. The van der Waals surface area contributed by atoms with Gasteiger partial charge in [-0.2, -0.15) is 0 Å². The number of rotatable bonds is 1. The van der Waals surface area contributed by atoms with Crippen molar-refractivity contribution < 1.29 is 14.0 Å². The van der Waals surface area contributed by atoms with Gasteiger partial charge in [0.05, 0.1) is 11.1 Å². The van der Waals surface area contributed by atoms with E-state index in [9.17, 15) is 14.0 Å². The van der Waals surface area contributed by atoms with Gasteiger partial charge in [-0.3, -0.25) is 9.59 Å². The molecule has 0 aliphatic carbocycles. The second-order valence-corrected chi connectivity index (χ2v) is 6.21. The van der Waals surface area contributed by atoms with E-state index in [0.29, 0.717) is 25.1 Å². The lowest BCUT2D eigenvalue weighted by Crippen LogP contribution is -2.73. The first kappa shape index (κ1) is 13.9. The molecule has 5 heteroatoms. The monoisotopic (exact) mass is 310 g/mol. The fraction of sp³-hybridized carbons (Fsp3) is 0.222. The molecular weight excluding hydrogens is 295 g/mol. The maximum Gasteiger partial charge on any atom is 0.256 e. The number of hydrogen-bond donors (Lipinski definition) is 1. The molecule has 0 bridgehead atoms. The van der Waals surface area contributed by atoms with Crippen LogP contribution in [-0.4, -0.2) is 35.3 Å².